The average Bonchev–Trinajstić information content (AvgIpc) is 2.71. The van der Waals surface area contributed by atoms with E-state index in [-0.39, 0.29) is 5.91 Å². The second-order valence-corrected chi connectivity index (χ2v) is 6.52. The lowest BCUT2D eigenvalue weighted by molar-refractivity contribution is -0.116. The summed E-state index contributed by atoms with van der Waals surface area (Å²) < 4.78 is 11.1. The van der Waals surface area contributed by atoms with Crippen LogP contribution < -0.4 is 20.1 Å². The monoisotopic (exact) mass is 396 g/mol. The molecule has 0 heterocycles. The van der Waals surface area contributed by atoms with Gasteiger partial charge in [0.05, 0.1) is 17.8 Å². The zero-order chi connectivity index (χ0) is 19.9. The second kappa shape index (κ2) is 9.15. The molecule has 5 nitrogen and oxygen atoms in total. The van der Waals surface area contributed by atoms with Gasteiger partial charge in [-0.1, -0.05) is 35.9 Å². The van der Waals surface area contributed by atoms with Crippen LogP contribution in [0.4, 0.5) is 11.4 Å². The molecule has 144 valence electrons. The van der Waals surface area contributed by atoms with Crippen LogP contribution in [0.2, 0.25) is 5.02 Å². The molecule has 0 radical (unpaired) electrons. The molecule has 6 heteroatoms. The van der Waals surface area contributed by atoms with Gasteiger partial charge < -0.3 is 20.1 Å². The molecule has 1 amide bonds. The Labute approximate surface area is 169 Å². The third-order valence-electron chi connectivity index (χ3n) is 4.06. The number of carbonyl (C=O) groups excluding carboxylic acids is 1. The lowest BCUT2D eigenvalue weighted by Crippen LogP contribution is -2.31. The lowest BCUT2D eigenvalue weighted by Gasteiger charge is -2.16. The molecule has 0 aromatic heterocycles. The molecule has 0 aliphatic rings. The van der Waals surface area contributed by atoms with Crippen molar-refractivity contribution >= 4 is 28.9 Å². The molecule has 0 bridgehead atoms. The van der Waals surface area contributed by atoms with Crippen LogP contribution in [0, 0.1) is 0 Å². The molecule has 0 aliphatic carbocycles. The molecule has 0 saturated heterocycles. The fourth-order valence-electron chi connectivity index (χ4n) is 2.57. The van der Waals surface area contributed by atoms with Crippen LogP contribution in [0.3, 0.4) is 0 Å². The highest BCUT2D eigenvalue weighted by Crippen LogP contribution is 2.31. The molecule has 1 atom stereocenters. The second-order valence-electron chi connectivity index (χ2n) is 6.11. The van der Waals surface area contributed by atoms with Crippen LogP contribution in [-0.2, 0) is 4.79 Å². The smallest absolute Gasteiger partial charge is 0.246 e. The van der Waals surface area contributed by atoms with Gasteiger partial charge in [-0.2, -0.15) is 0 Å². The van der Waals surface area contributed by atoms with Crippen molar-refractivity contribution in [3.05, 3.63) is 77.8 Å². The topological polar surface area (TPSA) is 59.6 Å². The van der Waals surface area contributed by atoms with Crippen LogP contribution in [0.15, 0.2) is 72.8 Å². The van der Waals surface area contributed by atoms with Gasteiger partial charge in [-0.3, -0.25) is 4.79 Å². The van der Waals surface area contributed by atoms with E-state index in [2.05, 4.69) is 10.6 Å². The predicted octanol–water partition coefficient (Wildman–Crippen LogP) is 5.58. The minimum absolute atomic E-state index is 0.178. The fraction of sp³-hybridized carbons (Fsp3) is 0.136. The Bertz CT molecular complexity index is 945. The van der Waals surface area contributed by atoms with Crippen molar-refractivity contribution in [2.45, 2.75) is 13.0 Å². The van der Waals surface area contributed by atoms with Crippen LogP contribution >= 0.6 is 11.6 Å². The van der Waals surface area contributed by atoms with Crippen molar-refractivity contribution in [2.75, 3.05) is 17.7 Å². The molecule has 3 aromatic carbocycles. The molecule has 0 aliphatic heterocycles. The van der Waals surface area contributed by atoms with Gasteiger partial charge in [-0.25, -0.2) is 0 Å². The Morgan fingerprint density at radius 1 is 0.929 bits per heavy atom. The van der Waals surface area contributed by atoms with Gasteiger partial charge in [-0.05, 0) is 55.5 Å². The van der Waals surface area contributed by atoms with E-state index in [0.29, 0.717) is 28.0 Å². The summed E-state index contributed by atoms with van der Waals surface area (Å²) in [6.07, 6.45) is 0. The molecule has 0 fully saturated rings. The number of nitrogens with one attached hydrogen (secondary N) is 2. The Kier molecular flexibility index (Phi) is 6.40. The summed E-state index contributed by atoms with van der Waals surface area (Å²) in [5.74, 6) is 1.79. The average molecular weight is 397 g/mol. The van der Waals surface area contributed by atoms with Crippen LogP contribution in [0.1, 0.15) is 6.92 Å². The maximum Gasteiger partial charge on any atom is 0.246 e. The maximum absolute atomic E-state index is 12.4. The first-order valence-electron chi connectivity index (χ1n) is 8.79. The first-order valence-corrected chi connectivity index (χ1v) is 9.17. The van der Waals surface area contributed by atoms with Gasteiger partial charge in [0, 0.05) is 5.69 Å². The zero-order valence-electron chi connectivity index (χ0n) is 15.6. The Balaban J connectivity index is 1.60. The normalized spacial score (nSPS) is 11.4. The number of rotatable bonds is 7. The molecule has 28 heavy (non-hydrogen) atoms. The number of para-hydroxylation sites is 3. The van der Waals surface area contributed by atoms with E-state index in [0.717, 1.165) is 5.69 Å². The molecule has 3 rings (SSSR count). The highest BCUT2D eigenvalue weighted by molar-refractivity contribution is 6.33. The van der Waals surface area contributed by atoms with Crippen molar-refractivity contribution in [2.24, 2.45) is 0 Å². The van der Waals surface area contributed by atoms with Gasteiger partial charge in [-0.15, -0.1) is 0 Å². The number of amides is 1. The van der Waals surface area contributed by atoms with E-state index in [1.807, 2.05) is 60.7 Å². The molecule has 1 unspecified atom stereocenters. The summed E-state index contributed by atoms with van der Waals surface area (Å²) in [7, 11) is 1.60. The largest absolute Gasteiger partial charge is 0.493 e. The molecule has 0 spiro atoms. The highest BCUT2D eigenvalue weighted by Gasteiger charge is 2.14. The fourth-order valence-corrected chi connectivity index (χ4v) is 2.75. The summed E-state index contributed by atoms with van der Waals surface area (Å²) in [4.78, 5) is 12.4. The third kappa shape index (κ3) is 4.96. The summed E-state index contributed by atoms with van der Waals surface area (Å²) in [5, 5.41) is 6.48. The van der Waals surface area contributed by atoms with Crippen molar-refractivity contribution in [3.8, 4) is 17.2 Å². The summed E-state index contributed by atoms with van der Waals surface area (Å²) in [5.41, 5.74) is 1.39. The lowest BCUT2D eigenvalue weighted by atomic mass is 10.2. The summed E-state index contributed by atoms with van der Waals surface area (Å²) >= 11 is 6.08. The Morgan fingerprint density at radius 2 is 1.57 bits per heavy atom. The van der Waals surface area contributed by atoms with Crippen LogP contribution in [0.5, 0.6) is 17.2 Å². The minimum atomic E-state index is -0.447. The number of hydrogen-bond donors (Lipinski definition) is 2. The maximum atomic E-state index is 12.4. The van der Waals surface area contributed by atoms with Gasteiger partial charge in [0.2, 0.25) is 5.91 Å². The minimum Gasteiger partial charge on any atom is -0.493 e. The SMILES string of the molecule is COc1ccccc1Oc1ccc(NC(C)C(=O)Nc2ccccc2Cl)cc1. The van der Waals surface area contributed by atoms with Crippen molar-refractivity contribution in [3.63, 3.8) is 0 Å². The van der Waals surface area contributed by atoms with E-state index in [1.165, 1.54) is 0 Å². The molecule has 3 aromatic rings. The van der Waals surface area contributed by atoms with E-state index in [9.17, 15) is 4.79 Å². The summed E-state index contributed by atoms with van der Waals surface area (Å²) in [6.45, 7) is 1.78. The number of carbonyl (C=O) groups is 1. The van der Waals surface area contributed by atoms with Gasteiger partial charge in [0.1, 0.15) is 11.8 Å². The van der Waals surface area contributed by atoms with Crippen molar-refractivity contribution < 1.29 is 14.3 Å². The first-order chi connectivity index (χ1) is 13.6. The number of methoxy groups -OCH3 is 1. The Hall–Kier alpha value is -3.18. The van der Waals surface area contributed by atoms with E-state index >= 15 is 0 Å². The van der Waals surface area contributed by atoms with Crippen LogP contribution in [0.25, 0.3) is 0 Å². The predicted molar refractivity (Wildman–Crippen MR) is 113 cm³/mol. The zero-order valence-corrected chi connectivity index (χ0v) is 16.4. The third-order valence-corrected chi connectivity index (χ3v) is 4.39. The molecular weight excluding hydrogens is 376 g/mol. The summed E-state index contributed by atoms with van der Waals surface area (Å²) in [6, 6.07) is 21.5. The van der Waals surface area contributed by atoms with Gasteiger partial charge in [0.25, 0.3) is 0 Å². The molecule has 0 saturated carbocycles. The Morgan fingerprint density at radius 3 is 2.25 bits per heavy atom. The number of hydrogen-bond acceptors (Lipinski definition) is 4. The van der Waals surface area contributed by atoms with E-state index in [4.69, 9.17) is 21.1 Å². The quantitative estimate of drug-likeness (QED) is 0.547. The highest BCUT2D eigenvalue weighted by atomic mass is 35.5. The first kappa shape index (κ1) is 19.6. The molecular formula is C22H21ClN2O3. The van der Waals surface area contributed by atoms with Crippen molar-refractivity contribution in [1.29, 1.82) is 0 Å². The van der Waals surface area contributed by atoms with E-state index in [1.54, 1.807) is 26.2 Å². The molecule has 2 N–H and O–H groups in total. The van der Waals surface area contributed by atoms with Crippen LogP contribution in [-0.4, -0.2) is 19.1 Å². The van der Waals surface area contributed by atoms with Crippen molar-refractivity contribution in [1.82, 2.24) is 0 Å². The van der Waals surface area contributed by atoms with Gasteiger partial charge >= 0.3 is 0 Å². The van der Waals surface area contributed by atoms with Gasteiger partial charge in [0.15, 0.2) is 11.5 Å². The standard InChI is InChI=1S/C22H21ClN2O3/c1-15(22(26)25-19-8-4-3-7-18(19)23)24-16-11-13-17(14-12-16)28-21-10-6-5-9-20(21)27-2/h3-15,24H,1-2H3,(H,25,26). The van der Waals surface area contributed by atoms with E-state index < -0.39 is 6.04 Å². The number of benzene rings is 3. The number of ether oxygens (including phenoxy) is 2. The number of anilines is 2. The number of halogens is 1.